The number of aromatic nitrogens is 1. The molecule has 0 bridgehead atoms. The predicted molar refractivity (Wildman–Crippen MR) is 90.9 cm³/mol. The summed E-state index contributed by atoms with van der Waals surface area (Å²) in [7, 11) is 0. The fourth-order valence-corrected chi connectivity index (χ4v) is 2.23. The Balaban J connectivity index is 1.55. The maximum atomic E-state index is 12.2. The Hall–Kier alpha value is -3.49. The molecule has 0 radical (unpaired) electrons. The van der Waals surface area contributed by atoms with Crippen LogP contribution in [0.4, 0.5) is 23.7 Å². The lowest BCUT2D eigenvalue weighted by Crippen LogP contribution is -2.28. The third-order valence-corrected chi connectivity index (χ3v) is 3.34. The van der Waals surface area contributed by atoms with Gasteiger partial charge in [-0.15, -0.1) is 13.2 Å². The molecular weight excluding hydrogens is 363 g/mol. The van der Waals surface area contributed by atoms with Crippen LogP contribution < -0.4 is 15.4 Å². The Morgan fingerprint density at radius 3 is 2.63 bits per heavy atom. The minimum atomic E-state index is -4.80. The van der Waals surface area contributed by atoms with Crippen LogP contribution >= 0.6 is 0 Å². The third kappa shape index (κ3) is 5.50. The molecule has 2 amide bonds. The average molecular weight is 377 g/mol. The highest BCUT2D eigenvalue weighted by Gasteiger charge is 2.31. The number of nitrogens with one attached hydrogen (secondary N) is 2. The second-order valence-electron chi connectivity index (χ2n) is 5.37. The first-order valence-electron chi connectivity index (χ1n) is 7.80. The first-order chi connectivity index (χ1) is 12.9. The van der Waals surface area contributed by atoms with Crippen LogP contribution in [0.1, 0.15) is 5.89 Å². The zero-order chi connectivity index (χ0) is 19.3. The largest absolute Gasteiger partial charge is 0.573 e. The second-order valence-corrected chi connectivity index (χ2v) is 5.37. The number of amides is 2. The minimum absolute atomic E-state index is 0.0113. The molecular formula is C18H14F3N3O3. The number of rotatable bonds is 5. The quantitative estimate of drug-likeness (QED) is 0.683. The van der Waals surface area contributed by atoms with Gasteiger partial charge < -0.3 is 19.8 Å². The number of alkyl halides is 3. The molecule has 0 atom stereocenters. The number of halogens is 3. The molecule has 0 aliphatic rings. The van der Waals surface area contributed by atoms with E-state index in [1.165, 1.54) is 12.1 Å². The summed E-state index contributed by atoms with van der Waals surface area (Å²) in [5.74, 6) is 0.420. The lowest BCUT2D eigenvalue weighted by Gasteiger charge is -2.11. The molecule has 2 aromatic carbocycles. The zero-order valence-corrected chi connectivity index (χ0v) is 13.8. The number of benzene rings is 2. The molecule has 0 saturated carbocycles. The van der Waals surface area contributed by atoms with Gasteiger partial charge in [0.25, 0.3) is 0 Å². The topological polar surface area (TPSA) is 76.4 Å². The van der Waals surface area contributed by atoms with E-state index in [0.717, 1.165) is 17.7 Å². The highest BCUT2D eigenvalue weighted by atomic mass is 19.4. The Kier molecular flexibility index (Phi) is 5.30. The van der Waals surface area contributed by atoms with Gasteiger partial charge in [0.05, 0.1) is 12.7 Å². The van der Waals surface area contributed by atoms with Gasteiger partial charge in [-0.3, -0.25) is 0 Å². The lowest BCUT2D eigenvalue weighted by molar-refractivity contribution is -0.274. The van der Waals surface area contributed by atoms with E-state index in [2.05, 4.69) is 20.4 Å². The SMILES string of the molecule is O=C(NCc1ncc(-c2ccccc2)o1)Nc1cccc(OC(F)(F)F)c1. The average Bonchev–Trinajstić information content (AvgIpc) is 3.09. The van der Waals surface area contributed by atoms with Gasteiger partial charge in [-0.25, -0.2) is 9.78 Å². The van der Waals surface area contributed by atoms with Crippen LogP contribution in [-0.2, 0) is 6.54 Å². The number of nitrogens with zero attached hydrogens (tertiary/aromatic N) is 1. The number of hydrogen-bond donors (Lipinski definition) is 2. The monoisotopic (exact) mass is 377 g/mol. The highest BCUT2D eigenvalue weighted by Crippen LogP contribution is 2.25. The summed E-state index contributed by atoms with van der Waals surface area (Å²) < 4.78 is 46.0. The Morgan fingerprint density at radius 1 is 1.11 bits per heavy atom. The molecule has 1 heterocycles. The summed E-state index contributed by atoms with van der Waals surface area (Å²) in [5.41, 5.74) is 0.994. The molecule has 0 fully saturated rings. The summed E-state index contributed by atoms with van der Waals surface area (Å²) in [6.45, 7) is 0.0113. The van der Waals surface area contributed by atoms with Gasteiger partial charge in [0.1, 0.15) is 5.75 Å². The van der Waals surface area contributed by atoms with Gasteiger partial charge in [-0.2, -0.15) is 0 Å². The number of anilines is 1. The summed E-state index contributed by atoms with van der Waals surface area (Å²) in [6.07, 6.45) is -3.26. The zero-order valence-electron chi connectivity index (χ0n) is 13.8. The van der Waals surface area contributed by atoms with Crippen LogP contribution in [0, 0.1) is 0 Å². The van der Waals surface area contributed by atoms with Crippen LogP contribution in [0.15, 0.2) is 65.2 Å². The van der Waals surface area contributed by atoms with Crippen molar-refractivity contribution >= 4 is 11.7 Å². The van der Waals surface area contributed by atoms with Crippen molar-refractivity contribution < 1.29 is 27.1 Å². The maximum absolute atomic E-state index is 12.2. The number of hydrogen-bond acceptors (Lipinski definition) is 4. The summed E-state index contributed by atoms with van der Waals surface area (Å²) in [4.78, 5) is 16.0. The van der Waals surface area contributed by atoms with Crippen molar-refractivity contribution in [2.24, 2.45) is 0 Å². The van der Waals surface area contributed by atoms with Crippen LogP contribution in [0.3, 0.4) is 0 Å². The van der Waals surface area contributed by atoms with E-state index in [1.807, 2.05) is 30.3 Å². The number of carbonyl (C=O) groups excluding carboxylic acids is 1. The first kappa shape index (κ1) is 18.3. The van der Waals surface area contributed by atoms with Crippen LogP contribution in [0.5, 0.6) is 5.75 Å². The summed E-state index contributed by atoms with van der Waals surface area (Å²) in [6, 6.07) is 13.7. The number of carbonyl (C=O) groups is 1. The molecule has 1 aromatic heterocycles. The van der Waals surface area contributed by atoms with Gasteiger partial charge in [-0.05, 0) is 12.1 Å². The number of ether oxygens (including phenoxy) is 1. The molecule has 140 valence electrons. The molecule has 9 heteroatoms. The molecule has 3 aromatic rings. The van der Waals surface area contributed by atoms with E-state index >= 15 is 0 Å². The fraction of sp³-hybridized carbons (Fsp3) is 0.111. The standard InChI is InChI=1S/C18H14F3N3O3/c19-18(20,21)27-14-8-4-7-13(9-14)24-17(25)23-11-16-22-10-15(26-16)12-5-2-1-3-6-12/h1-10H,11H2,(H2,23,24,25). The molecule has 0 saturated heterocycles. The van der Waals surface area contributed by atoms with E-state index < -0.39 is 18.1 Å². The molecule has 0 aliphatic heterocycles. The molecule has 0 aliphatic carbocycles. The molecule has 3 rings (SSSR count). The third-order valence-electron chi connectivity index (χ3n) is 3.34. The van der Waals surface area contributed by atoms with E-state index in [1.54, 1.807) is 6.20 Å². The van der Waals surface area contributed by atoms with Gasteiger partial charge in [0.2, 0.25) is 5.89 Å². The molecule has 6 nitrogen and oxygen atoms in total. The van der Waals surface area contributed by atoms with E-state index in [0.29, 0.717) is 5.76 Å². The molecule has 0 unspecified atom stereocenters. The van der Waals surface area contributed by atoms with Crippen LogP contribution in [0.2, 0.25) is 0 Å². The van der Waals surface area contributed by atoms with Crippen molar-refractivity contribution in [3.63, 3.8) is 0 Å². The van der Waals surface area contributed by atoms with Gasteiger partial charge >= 0.3 is 12.4 Å². The lowest BCUT2D eigenvalue weighted by atomic mass is 10.2. The molecule has 27 heavy (non-hydrogen) atoms. The number of oxazole rings is 1. The maximum Gasteiger partial charge on any atom is 0.573 e. The van der Waals surface area contributed by atoms with Crippen molar-refractivity contribution in [2.75, 3.05) is 5.32 Å². The Bertz CT molecular complexity index is 911. The van der Waals surface area contributed by atoms with Gasteiger partial charge in [-0.1, -0.05) is 36.4 Å². The van der Waals surface area contributed by atoms with Crippen molar-refractivity contribution in [1.82, 2.24) is 10.3 Å². The van der Waals surface area contributed by atoms with Crippen molar-refractivity contribution in [1.29, 1.82) is 0 Å². The minimum Gasteiger partial charge on any atom is -0.439 e. The summed E-state index contributed by atoms with van der Waals surface area (Å²) in [5, 5.41) is 4.92. The second kappa shape index (κ2) is 7.81. The molecule has 2 N–H and O–H groups in total. The van der Waals surface area contributed by atoms with Crippen LogP contribution in [-0.4, -0.2) is 17.4 Å². The molecule has 0 spiro atoms. The van der Waals surface area contributed by atoms with Crippen molar-refractivity contribution in [3.05, 3.63) is 66.7 Å². The van der Waals surface area contributed by atoms with Gasteiger partial charge in [0, 0.05) is 17.3 Å². The number of urea groups is 1. The highest BCUT2D eigenvalue weighted by molar-refractivity contribution is 5.89. The Labute approximate surface area is 152 Å². The first-order valence-corrected chi connectivity index (χ1v) is 7.80. The van der Waals surface area contributed by atoms with Crippen molar-refractivity contribution in [2.45, 2.75) is 12.9 Å². The summed E-state index contributed by atoms with van der Waals surface area (Å²) >= 11 is 0. The Morgan fingerprint density at radius 2 is 1.89 bits per heavy atom. The predicted octanol–water partition coefficient (Wildman–Crippen LogP) is 4.56. The van der Waals surface area contributed by atoms with E-state index in [9.17, 15) is 18.0 Å². The van der Waals surface area contributed by atoms with Crippen LogP contribution in [0.25, 0.3) is 11.3 Å². The van der Waals surface area contributed by atoms with Gasteiger partial charge in [0.15, 0.2) is 5.76 Å². The van der Waals surface area contributed by atoms with E-state index in [4.69, 9.17) is 4.42 Å². The smallest absolute Gasteiger partial charge is 0.439 e. The normalized spacial score (nSPS) is 11.1. The van der Waals surface area contributed by atoms with E-state index in [-0.39, 0.29) is 18.1 Å². The fourth-order valence-electron chi connectivity index (χ4n) is 2.23. The van der Waals surface area contributed by atoms with Crippen molar-refractivity contribution in [3.8, 4) is 17.1 Å².